The van der Waals surface area contributed by atoms with Gasteiger partial charge in [0.2, 0.25) is 0 Å². The highest BCUT2D eigenvalue weighted by Gasteiger charge is 2.27. The van der Waals surface area contributed by atoms with Crippen LogP contribution in [0.1, 0.15) is 35.1 Å². The average molecular weight is 309 g/mol. The minimum atomic E-state index is 0.0828. The molecule has 23 heavy (non-hydrogen) atoms. The number of hydrogen-bond donors (Lipinski definition) is 1. The maximum Gasteiger partial charge on any atom is 0.254 e. The van der Waals surface area contributed by atoms with E-state index in [1.165, 1.54) is 0 Å². The van der Waals surface area contributed by atoms with Crippen LogP contribution in [0, 0.1) is 6.92 Å². The molecule has 1 unspecified atom stereocenters. The number of nitrogens with zero attached hydrogens (tertiary/aromatic N) is 4. The van der Waals surface area contributed by atoms with Crippen molar-refractivity contribution in [1.82, 2.24) is 24.6 Å². The molecule has 118 valence electrons. The first-order valence-corrected chi connectivity index (χ1v) is 7.95. The molecule has 1 N–H and O–H groups in total. The van der Waals surface area contributed by atoms with Crippen molar-refractivity contribution in [2.75, 3.05) is 13.1 Å². The lowest BCUT2D eigenvalue weighted by Crippen LogP contribution is -2.40. The minimum absolute atomic E-state index is 0.0828. The summed E-state index contributed by atoms with van der Waals surface area (Å²) in [5.74, 6) is 1.08. The Hall–Kier alpha value is -2.63. The number of rotatable bonds is 2. The lowest BCUT2D eigenvalue weighted by molar-refractivity contribution is 0.0680. The zero-order valence-electron chi connectivity index (χ0n) is 13.1. The second-order valence-corrected chi connectivity index (χ2v) is 6.07. The molecular weight excluding hydrogens is 290 g/mol. The summed E-state index contributed by atoms with van der Waals surface area (Å²) in [6, 6.07) is 6.02. The van der Waals surface area contributed by atoms with Crippen molar-refractivity contribution in [3.05, 3.63) is 48.2 Å². The molecule has 1 saturated heterocycles. The van der Waals surface area contributed by atoms with Gasteiger partial charge in [-0.25, -0.2) is 4.98 Å². The Kier molecular flexibility index (Phi) is 3.37. The molecule has 0 aliphatic carbocycles. The standard InChI is InChI=1S/C17H19N5O/c1-12-18-7-9-22(12)13-4-3-8-21(11-13)17(23)14-5-2-6-16-15(14)10-19-20-16/h2,5-7,9-10,13H,3-4,8,11H2,1H3,(H,19,20). The van der Waals surface area contributed by atoms with Crippen molar-refractivity contribution in [2.45, 2.75) is 25.8 Å². The van der Waals surface area contributed by atoms with Crippen molar-refractivity contribution in [2.24, 2.45) is 0 Å². The zero-order chi connectivity index (χ0) is 15.8. The number of imidazole rings is 1. The third-order valence-corrected chi connectivity index (χ3v) is 4.65. The number of piperidine rings is 1. The summed E-state index contributed by atoms with van der Waals surface area (Å²) in [6.45, 7) is 3.54. The number of benzene rings is 1. The molecule has 1 aliphatic rings. The number of fused-ring (bicyclic) bond motifs is 1. The van der Waals surface area contributed by atoms with Crippen molar-refractivity contribution in [3.8, 4) is 0 Å². The van der Waals surface area contributed by atoms with Crippen LogP contribution < -0.4 is 0 Å². The Morgan fingerprint density at radius 3 is 3.13 bits per heavy atom. The first-order valence-electron chi connectivity index (χ1n) is 7.95. The first-order chi connectivity index (χ1) is 11.2. The van der Waals surface area contributed by atoms with Crippen LogP contribution in [0.5, 0.6) is 0 Å². The monoisotopic (exact) mass is 309 g/mol. The molecule has 6 heteroatoms. The summed E-state index contributed by atoms with van der Waals surface area (Å²) in [7, 11) is 0. The van der Waals surface area contributed by atoms with Crippen LogP contribution in [0.25, 0.3) is 10.9 Å². The molecule has 6 nitrogen and oxygen atoms in total. The summed E-state index contributed by atoms with van der Waals surface area (Å²) in [5, 5.41) is 7.86. The number of amides is 1. The third-order valence-electron chi connectivity index (χ3n) is 4.65. The van der Waals surface area contributed by atoms with Gasteiger partial charge in [0, 0.05) is 30.9 Å². The topological polar surface area (TPSA) is 66.8 Å². The highest BCUT2D eigenvalue weighted by molar-refractivity contribution is 6.06. The van der Waals surface area contributed by atoms with E-state index in [-0.39, 0.29) is 5.91 Å². The number of aryl methyl sites for hydroxylation is 1. The Balaban J connectivity index is 1.61. The Morgan fingerprint density at radius 1 is 1.39 bits per heavy atom. The van der Waals surface area contributed by atoms with Crippen LogP contribution in [0.4, 0.5) is 0 Å². The smallest absolute Gasteiger partial charge is 0.254 e. The van der Waals surface area contributed by atoms with Gasteiger partial charge in [0.05, 0.1) is 23.3 Å². The van der Waals surface area contributed by atoms with E-state index in [0.29, 0.717) is 6.04 Å². The van der Waals surface area contributed by atoms with E-state index < -0.39 is 0 Å². The summed E-state index contributed by atoms with van der Waals surface area (Å²) < 4.78 is 2.18. The normalized spacial score (nSPS) is 18.5. The predicted molar refractivity (Wildman–Crippen MR) is 87.2 cm³/mol. The quantitative estimate of drug-likeness (QED) is 0.791. The van der Waals surface area contributed by atoms with Gasteiger partial charge < -0.3 is 9.47 Å². The number of likely N-dealkylation sites (tertiary alicyclic amines) is 1. The van der Waals surface area contributed by atoms with Crippen LogP contribution in [0.15, 0.2) is 36.8 Å². The second-order valence-electron chi connectivity index (χ2n) is 6.07. The fraction of sp³-hybridized carbons (Fsp3) is 0.353. The van der Waals surface area contributed by atoms with E-state index in [9.17, 15) is 4.79 Å². The summed E-state index contributed by atoms with van der Waals surface area (Å²) in [4.78, 5) is 19.2. The molecule has 3 aromatic rings. The number of aromatic amines is 1. The lowest BCUT2D eigenvalue weighted by atomic mass is 10.0. The molecule has 1 amide bonds. The third kappa shape index (κ3) is 2.40. The van der Waals surface area contributed by atoms with Crippen molar-refractivity contribution in [1.29, 1.82) is 0 Å². The van der Waals surface area contributed by atoms with Gasteiger partial charge in [-0.15, -0.1) is 0 Å². The van der Waals surface area contributed by atoms with Crippen LogP contribution in [0.3, 0.4) is 0 Å². The molecule has 2 aromatic heterocycles. The van der Waals surface area contributed by atoms with Gasteiger partial charge in [-0.05, 0) is 31.9 Å². The van der Waals surface area contributed by atoms with Gasteiger partial charge in [0.25, 0.3) is 5.91 Å². The SMILES string of the molecule is Cc1nccn1C1CCCN(C(=O)c2cccc3[nH]ncc23)C1. The Labute approximate surface area is 134 Å². The first kappa shape index (κ1) is 14.0. The number of aromatic nitrogens is 4. The van der Waals surface area contributed by atoms with Crippen LogP contribution in [0.2, 0.25) is 0 Å². The Morgan fingerprint density at radius 2 is 2.30 bits per heavy atom. The summed E-state index contributed by atoms with van der Waals surface area (Å²) >= 11 is 0. The number of hydrogen-bond acceptors (Lipinski definition) is 3. The number of carbonyl (C=O) groups excluding carboxylic acids is 1. The summed E-state index contributed by atoms with van der Waals surface area (Å²) in [5.41, 5.74) is 1.62. The van der Waals surface area contributed by atoms with Gasteiger partial charge in [0.15, 0.2) is 0 Å². The van der Waals surface area contributed by atoms with Crippen LogP contribution in [-0.4, -0.2) is 43.6 Å². The minimum Gasteiger partial charge on any atom is -0.337 e. The molecule has 1 aliphatic heterocycles. The van der Waals surface area contributed by atoms with E-state index in [1.54, 1.807) is 6.20 Å². The molecule has 0 bridgehead atoms. The summed E-state index contributed by atoms with van der Waals surface area (Å²) in [6.07, 6.45) is 7.64. The van der Waals surface area contributed by atoms with Crippen LogP contribution in [-0.2, 0) is 0 Å². The van der Waals surface area contributed by atoms with Gasteiger partial charge in [0.1, 0.15) is 5.82 Å². The van der Waals surface area contributed by atoms with Crippen molar-refractivity contribution >= 4 is 16.8 Å². The van der Waals surface area contributed by atoms with Crippen LogP contribution >= 0.6 is 0 Å². The highest BCUT2D eigenvalue weighted by Crippen LogP contribution is 2.25. The lowest BCUT2D eigenvalue weighted by Gasteiger charge is -2.34. The largest absolute Gasteiger partial charge is 0.337 e. The number of carbonyl (C=O) groups is 1. The molecule has 4 rings (SSSR count). The molecule has 1 aromatic carbocycles. The van der Waals surface area contributed by atoms with Crippen molar-refractivity contribution in [3.63, 3.8) is 0 Å². The average Bonchev–Trinajstić information content (AvgIpc) is 3.22. The fourth-order valence-electron chi connectivity index (χ4n) is 3.46. The second kappa shape index (κ2) is 5.53. The van der Waals surface area contributed by atoms with Gasteiger partial charge >= 0.3 is 0 Å². The number of H-pyrrole nitrogens is 1. The van der Waals surface area contributed by atoms with E-state index in [0.717, 1.165) is 48.2 Å². The molecule has 0 spiro atoms. The zero-order valence-corrected chi connectivity index (χ0v) is 13.1. The van der Waals surface area contributed by atoms with Gasteiger partial charge in [-0.3, -0.25) is 9.89 Å². The Bertz CT molecular complexity index is 849. The maximum absolute atomic E-state index is 13.0. The maximum atomic E-state index is 13.0. The van der Waals surface area contributed by atoms with Gasteiger partial charge in [-0.2, -0.15) is 5.10 Å². The van der Waals surface area contributed by atoms with E-state index in [2.05, 4.69) is 19.7 Å². The molecule has 0 radical (unpaired) electrons. The predicted octanol–water partition coefficient (Wildman–Crippen LogP) is 2.55. The molecular formula is C17H19N5O. The van der Waals surface area contributed by atoms with E-state index in [1.807, 2.05) is 42.4 Å². The molecule has 0 saturated carbocycles. The fourth-order valence-corrected chi connectivity index (χ4v) is 3.46. The molecule has 1 atom stereocenters. The van der Waals surface area contributed by atoms with Crippen molar-refractivity contribution < 1.29 is 4.79 Å². The van der Waals surface area contributed by atoms with E-state index >= 15 is 0 Å². The number of nitrogens with one attached hydrogen (secondary N) is 1. The molecule has 1 fully saturated rings. The van der Waals surface area contributed by atoms with Gasteiger partial charge in [-0.1, -0.05) is 6.07 Å². The molecule has 3 heterocycles. The highest BCUT2D eigenvalue weighted by atomic mass is 16.2. The van der Waals surface area contributed by atoms with E-state index in [4.69, 9.17) is 0 Å².